The molecule has 0 aliphatic rings. The van der Waals surface area contributed by atoms with E-state index in [2.05, 4.69) is 27.4 Å². The van der Waals surface area contributed by atoms with Gasteiger partial charge in [-0.15, -0.1) is 0 Å². The van der Waals surface area contributed by atoms with Crippen LogP contribution in [0.1, 0.15) is 11.3 Å². The van der Waals surface area contributed by atoms with Crippen molar-refractivity contribution in [2.75, 3.05) is 11.9 Å². The van der Waals surface area contributed by atoms with E-state index in [4.69, 9.17) is 5.73 Å². The molecule has 2 aromatic rings. The predicted molar refractivity (Wildman–Crippen MR) is 68.6 cm³/mol. The number of hydrogen-bond acceptors (Lipinski definition) is 4. The van der Waals surface area contributed by atoms with E-state index in [1.165, 1.54) is 5.56 Å². The summed E-state index contributed by atoms with van der Waals surface area (Å²) in [6.07, 6.45) is 2.68. The maximum Gasteiger partial charge on any atom is 0.222 e. The molecular weight excluding hydrogens is 212 g/mol. The van der Waals surface area contributed by atoms with E-state index in [0.29, 0.717) is 12.5 Å². The molecule has 0 unspecified atom stereocenters. The molecule has 0 fully saturated rings. The zero-order valence-electron chi connectivity index (χ0n) is 9.63. The van der Waals surface area contributed by atoms with Gasteiger partial charge in [0, 0.05) is 19.3 Å². The molecule has 0 aliphatic carbocycles. The van der Waals surface area contributed by atoms with Crippen LogP contribution in [0.25, 0.3) is 0 Å². The Balaban J connectivity index is 1.86. The molecule has 0 aliphatic heterocycles. The number of hydrogen-bond donors (Lipinski definition) is 2. The highest BCUT2D eigenvalue weighted by Crippen LogP contribution is 2.02. The van der Waals surface area contributed by atoms with Crippen LogP contribution in [0, 0.1) is 0 Å². The average molecular weight is 228 g/mol. The van der Waals surface area contributed by atoms with Crippen molar-refractivity contribution in [2.24, 2.45) is 5.73 Å². The van der Waals surface area contributed by atoms with E-state index in [-0.39, 0.29) is 0 Å². The van der Waals surface area contributed by atoms with Crippen LogP contribution >= 0.6 is 0 Å². The molecule has 2 rings (SSSR count). The van der Waals surface area contributed by atoms with Gasteiger partial charge in [-0.25, -0.2) is 9.97 Å². The zero-order valence-corrected chi connectivity index (χ0v) is 9.63. The van der Waals surface area contributed by atoms with Crippen LogP contribution < -0.4 is 11.1 Å². The maximum absolute atomic E-state index is 5.52. The lowest BCUT2D eigenvalue weighted by atomic mass is 10.1. The van der Waals surface area contributed by atoms with Gasteiger partial charge in [0.1, 0.15) is 0 Å². The second-order valence-electron chi connectivity index (χ2n) is 3.74. The molecule has 4 nitrogen and oxygen atoms in total. The number of nitrogens with one attached hydrogen (secondary N) is 1. The van der Waals surface area contributed by atoms with Gasteiger partial charge >= 0.3 is 0 Å². The molecular formula is C13H16N4. The molecule has 0 radical (unpaired) electrons. The van der Waals surface area contributed by atoms with Crippen molar-refractivity contribution in [1.82, 2.24) is 9.97 Å². The van der Waals surface area contributed by atoms with E-state index in [1.807, 2.05) is 24.3 Å². The van der Waals surface area contributed by atoms with Crippen molar-refractivity contribution in [2.45, 2.75) is 13.0 Å². The molecule has 17 heavy (non-hydrogen) atoms. The Morgan fingerprint density at radius 2 is 1.94 bits per heavy atom. The van der Waals surface area contributed by atoms with Crippen LogP contribution in [0.15, 0.2) is 42.6 Å². The summed E-state index contributed by atoms with van der Waals surface area (Å²) in [5, 5.41) is 3.19. The Kier molecular flexibility index (Phi) is 4.05. The molecule has 0 bridgehead atoms. The zero-order chi connectivity index (χ0) is 11.9. The maximum atomic E-state index is 5.52. The van der Waals surface area contributed by atoms with Gasteiger partial charge in [0.2, 0.25) is 5.95 Å². The fourth-order valence-electron chi connectivity index (χ4n) is 1.56. The molecule has 0 atom stereocenters. The van der Waals surface area contributed by atoms with E-state index < -0.39 is 0 Å². The summed E-state index contributed by atoms with van der Waals surface area (Å²) in [6.45, 7) is 1.26. The number of aromatic nitrogens is 2. The summed E-state index contributed by atoms with van der Waals surface area (Å²) in [4.78, 5) is 8.42. The Morgan fingerprint density at radius 1 is 1.12 bits per heavy atom. The number of nitrogens with zero attached hydrogens (tertiary/aromatic N) is 2. The number of anilines is 1. The molecule has 3 N–H and O–H groups in total. The smallest absolute Gasteiger partial charge is 0.222 e. The minimum absolute atomic E-state index is 0.440. The predicted octanol–water partition coefficient (Wildman–Crippen LogP) is 1.59. The highest BCUT2D eigenvalue weighted by atomic mass is 15.1. The van der Waals surface area contributed by atoms with Crippen LogP contribution in [-0.2, 0) is 13.0 Å². The first-order valence-electron chi connectivity index (χ1n) is 5.68. The second kappa shape index (κ2) is 5.96. The average Bonchev–Trinajstić information content (AvgIpc) is 2.40. The van der Waals surface area contributed by atoms with Crippen molar-refractivity contribution in [3.63, 3.8) is 0 Å². The first kappa shape index (κ1) is 11.5. The quantitative estimate of drug-likeness (QED) is 0.815. The Labute approximate surface area is 101 Å². The van der Waals surface area contributed by atoms with Crippen LogP contribution in [0.2, 0.25) is 0 Å². The molecule has 4 heteroatoms. The van der Waals surface area contributed by atoms with Gasteiger partial charge in [-0.05, 0) is 18.1 Å². The highest BCUT2D eigenvalue weighted by molar-refractivity contribution is 5.26. The third-order valence-electron chi connectivity index (χ3n) is 2.46. The Bertz CT molecular complexity index is 456. The fourth-order valence-corrected chi connectivity index (χ4v) is 1.56. The SMILES string of the molecule is NCc1ccnc(NCCc2ccccc2)n1. The van der Waals surface area contributed by atoms with Crippen molar-refractivity contribution in [3.8, 4) is 0 Å². The third-order valence-corrected chi connectivity index (χ3v) is 2.46. The summed E-state index contributed by atoms with van der Waals surface area (Å²) >= 11 is 0. The van der Waals surface area contributed by atoms with E-state index in [1.54, 1.807) is 6.20 Å². The fraction of sp³-hybridized carbons (Fsp3) is 0.231. The Hall–Kier alpha value is -1.94. The molecule has 0 saturated heterocycles. The van der Waals surface area contributed by atoms with Gasteiger partial charge in [-0.3, -0.25) is 0 Å². The van der Waals surface area contributed by atoms with Crippen LogP contribution in [0.3, 0.4) is 0 Å². The van der Waals surface area contributed by atoms with Gasteiger partial charge in [-0.1, -0.05) is 30.3 Å². The minimum Gasteiger partial charge on any atom is -0.354 e. The Morgan fingerprint density at radius 3 is 2.71 bits per heavy atom. The van der Waals surface area contributed by atoms with Crippen LogP contribution in [0.5, 0.6) is 0 Å². The molecule has 0 spiro atoms. The van der Waals surface area contributed by atoms with Crippen molar-refractivity contribution in [1.29, 1.82) is 0 Å². The van der Waals surface area contributed by atoms with E-state index >= 15 is 0 Å². The lowest BCUT2D eigenvalue weighted by Crippen LogP contribution is -2.09. The minimum atomic E-state index is 0.440. The molecule has 1 aromatic carbocycles. The first-order chi connectivity index (χ1) is 8.38. The van der Waals surface area contributed by atoms with Gasteiger partial charge in [0.15, 0.2) is 0 Å². The summed E-state index contributed by atoms with van der Waals surface area (Å²) in [5.74, 6) is 0.642. The number of rotatable bonds is 5. The second-order valence-corrected chi connectivity index (χ2v) is 3.74. The van der Waals surface area contributed by atoms with E-state index in [0.717, 1.165) is 18.7 Å². The lowest BCUT2D eigenvalue weighted by Gasteiger charge is -2.05. The summed E-state index contributed by atoms with van der Waals surface area (Å²) in [5.41, 5.74) is 7.67. The van der Waals surface area contributed by atoms with Crippen molar-refractivity contribution in [3.05, 3.63) is 53.9 Å². The molecule has 88 valence electrons. The highest BCUT2D eigenvalue weighted by Gasteiger charge is 1.97. The van der Waals surface area contributed by atoms with Crippen LogP contribution in [0.4, 0.5) is 5.95 Å². The topological polar surface area (TPSA) is 63.8 Å². The molecule has 0 amide bonds. The third kappa shape index (κ3) is 3.53. The van der Waals surface area contributed by atoms with Gasteiger partial charge in [0.25, 0.3) is 0 Å². The first-order valence-corrected chi connectivity index (χ1v) is 5.68. The summed E-state index contributed by atoms with van der Waals surface area (Å²) < 4.78 is 0. The molecule has 0 saturated carbocycles. The largest absolute Gasteiger partial charge is 0.354 e. The van der Waals surface area contributed by atoms with Gasteiger partial charge < -0.3 is 11.1 Å². The number of benzene rings is 1. The molecule has 1 aromatic heterocycles. The normalized spacial score (nSPS) is 10.2. The van der Waals surface area contributed by atoms with E-state index in [9.17, 15) is 0 Å². The standard InChI is InChI=1S/C13H16N4/c14-10-12-7-9-16-13(17-12)15-8-6-11-4-2-1-3-5-11/h1-5,7,9H,6,8,10,14H2,(H,15,16,17). The van der Waals surface area contributed by atoms with Crippen molar-refractivity contribution < 1.29 is 0 Å². The van der Waals surface area contributed by atoms with Gasteiger partial charge in [-0.2, -0.15) is 0 Å². The summed E-state index contributed by atoms with van der Waals surface area (Å²) in [6, 6.07) is 12.1. The molecule has 1 heterocycles. The van der Waals surface area contributed by atoms with Crippen LogP contribution in [-0.4, -0.2) is 16.5 Å². The lowest BCUT2D eigenvalue weighted by molar-refractivity contribution is 0.935. The number of nitrogens with two attached hydrogens (primary N) is 1. The monoisotopic (exact) mass is 228 g/mol. The van der Waals surface area contributed by atoms with Gasteiger partial charge in [0.05, 0.1) is 5.69 Å². The summed E-state index contributed by atoms with van der Waals surface area (Å²) in [7, 11) is 0. The van der Waals surface area contributed by atoms with Crippen molar-refractivity contribution >= 4 is 5.95 Å².